The van der Waals surface area contributed by atoms with Gasteiger partial charge < -0.3 is 9.15 Å². The van der Waals surface area contributed by atoms with Crippen molar-refractivity contribution < 1.29 is 13.9 Å². The first kappa shape index (κ1) is 11.9. The van der Waals surface area contributed by atoms with Crippen LogP contribution in [0.25, 0.3) is 11.5 Å². The minimum Gasteiger partial charge on any atom is -0.496 e. The molecule has 90 valence electrons. The Hall–Kier alpha value is -2.61. The third kappa shape index (κ3) is 2.23. The van der Waals surface area contributed by atoms with E-state index in [1.54, 1.807) is 18.2 Å². The van der Waals surface area contributed by atoms with E-state index in [1.807, 2.05) is 6.07 Å². The van der Waals surface area contributed by atoms with Gasteiger partial charge in [0.15, 0.2) is 5.78 Å². The lowest BCUT2D eigenvalue weighted by molar-refractivity contribution is 0.0995. The predicted molar refractivity (Wildman–Crippen MR) is 63.1 cm³/mol. The maximum absolute atomic E-state index is 11.8. The van der Waals surface area contributed by atoms with Crippen LogP contribution in [-0.4, -0.2) is 17.9 Å². The number of hydrogen-bond acceptors (Lipinski definition) is 5. The normalized spacial score (nSPS) is 9.78. The van der Waals surface area contributed by atoms with Gasteiger partial charge in [0, 0.05) is 5.56 Å². The van der Waals surface area contributed by atoms with E-state index < -0.39 is 0 Å². The molecule has 0 unspecified atom stereocenters. The molecule has 0 aliphatic rings. The van der Waals surface area contributed by atoms with E-state index in [2.05, 4.69) is 4.98 Å². The molecule has 0 saturated carbocycles. The van der Waals surface area contributed by atoms with Crippen LogP contribution in [0.3, 0.4) is 0 Å². The number of oxazole rings is 1. The number of nitrogens with zero attached hydrogens (tertiary/aromatic N) is 2. The maximum Gasteiger partial charge on any atom is 0.225 e. The van der Waals surface area contributed by atoms with Crippen LogP contribution < -0.4 is 4.74 Å². The van der Waals surface area contributed by atoms with Crippen LogP contribution in [0.5, 0.6) is 5.75 Å². The van der Waals surface area contributed by atoms with Gasteiger partial charge >= 0.3 is 0 Å². The minimum absolute atomic E-state index is 0.189. The van der Waals surface area contributed by atoms with Crippen LogP contribution in [0.15, 0.2) is 35.1 Å². The Labute approximate surface area is 104 Å². The summed E-state index contributed by atoms with van der Waals surface area (Å²) in [6.07, 6.45) is 2.79. The molecule has 0 saturated heterocycles. The lowest BCUT2D eigenvalue weighted by Gasteiger charge is -2.07. The Bertz CT molecular complexity index is 597. The monoisotopic (exact) mass is 242 g/mol. The number of carbonyl (C=O) groups excluding carboxylic acids is 1. The summed E-state index contributed by atoms with van der Waals surface area (Å²) in [5.41, 5.74) is 1.02. The van der Waals surface area contributed by atoms with Crippen LogP contribution >= 0.6 is 0 Å². The summed E-state index contributed by atoms with van der Waals surface area (Å²) in [5.74, 6) is 0.567. The average molecular weight is 242 g/mol. The molecular weight excluding hydrogens is 232 g/mol. The summed E-state index contributed by atoms with van der Waals surface area (Å²) in [5, 5.41) is 8.57. The summed E-state index contributed by atoms with van der Waals surface area (Å²) >= 11 is 0. The van der Waals surface area contributed by atoms with E-state index in [4.69, 9.17) is 14.4 Å². The third-order valence-corrected chi connectivity index (χ3v) is 2.42. The fraction of sp³-hybridized carbons (Fsp3) is 0.154. The number of carbonyl (C=O) groups is 1. The van der Waals surface area contributed by atoms with Gasteiger partial charge in [-0.3, -0.25) is 4.79 Å². The number of methoxy groups -OCH3 is 1. The molecule has 1 aromatic carbocycles. The van der Waals surface area contributed by atoms with Gasteiger partial charge in [0.2, 0.25) is 5.89 Å². The standard InChI is InChI=1S/C13H10N2O3/c1-17-12-3-2-9(13-15-6-7-18-13)8-10(12)11(16)4-5-14/h2-3,6-8H,4H2,1H3. The molecule has 2 aromatic rings. The summed E-state index contributed by atoms with van der Waals surface area (Å²) < 4.78 is 10.3. The van der Waals surface area contributed by atoms with Crippen molar-refractivity contribution >= 4 is 5.78 Å². The molecular formula is C13H10N2O3. The number of nitriles is 1. The van der Waals surface area contributed by atoms with Gasteiger partial charge in [-0.25, -0.2) is 4.98 Å². The molecule has 0 aliphatic heterocycles. The molecule has 2 rings (SSSR count). The first-order valence-electron chi connectivity index (χ1n) is 5.24. The second-order valence-corrected chi connectivity index (χ2v) is 3.51. The van der Waals surface area contributed by atoms with Crippen molar-refractivity contribution in [3.05, 3.63) is 36.2 Å². The lowest BCUT2D eigenvalue weighted by atomic mass is 10.0. The van der Waals surface area contributed by atoms with E-state index in [1.165, 1.54) is 19.6 Å². The molecule has 0 aliphatic carbocycles. The SMILES string of the molecule is COc1ccc(-c2ncco2)cc1C(=O)CC#N. The number of ketones is 1. The van der Waals surface area contributed by atoms with E-state index in [0.717, 1.165) is 0 Å². The number of hydrogen-bond donors (Lipinski definition) is 0. The van der Waals surface area contributed by atoms with Crippen molar-refractivity contribution in [2.24, 2.45) is 0 Å². The number of ether oxygens (including phenoxy) is 1. The van der Waals surface area contributed by atoms with Gasteiger partial charge in [-0.1, -0.05) is 0 Å². The van der Waals surface area contributed by atoms with Gasteiger partial charge in [0.1, 0.15) is 12.0 Å². The van der Waals surface area contributed by atoms with Crippen molar-refractivity contribution in [1.82, 2.24) is 4.98 Å². The zero-order chi connectivity index (χ0) is 13.0. The van der Waals surface area contributed by atoms with E-state index >= 15 is 0 Å². The zero-order valence-electron chi connectivity index (χ0n) is 9.71. The minimum atomic E-state index is -0.289. The van der Waals surface area contributed by atoms with Crippen LogP contribution in [0, 0.1) is 11.3 Å². The van der Waals surface area contributed by atoms with E-state index in [9.17, 15) is 4.79 Å². The van der Waals surface area contributed by atoms with Crippen LogP contribution in [0.1, 0.15) is 16.8 Å². The van der Waals surface area contributed by atoms with Crippen molar-refractivity contribution in [1.29, 1.82) is 5.26 Å². The molecule has 0 radical (unpaired) electrons. The molecule has 0 spiro atoms. The Morgan fingerprint density at radius 3 is 3.00 bits per heavy atom. The molecule has 0 N–H and O–H groups in total. The van der Waals surface area contributed by atoms with Crippen LogP contribution in [0.2, 0.25) is 0 Å². The van der Waals surface area contributed by atoms with Gasteiger partial charge in [0.25, 0.3) is 0 Å². The summed E-state index contributed by atoms with van der Waals surface area (Å²) in [4.78, 5) is 15.8. The Morgan fingerprint density at radius 1 is 1.56 bits per heavy atom. The van der Waals surface area contributed by atoms with Gasteiger partial charge in [-0.2, -0.15) is 5.26 Å². The van der Waals surface area contributed by atoms with Crippen LogP contribution in [0.4, 0.5) is 0 Å². The second kappa shape index (κ2) is 5.15. The maximum atomic E-state index is 11.8. The molecule has 5 heteroatoms. The summed E-state index contributed by atoms with van der Waals surface area (Å²) in [6, 6.07) is 6.84. The Morgan fingerprint density at radius 2 is 2.39 bits per heavy atom. The first-order valence-corrected chi connectivity index (χ1v) is 5.24. The molecule has 1 heterocycles. The van der Waals surface area contributed by atoms with Gasteiger partial charge in [0.05, 0.1) is 31.4 Å². The van der Waals surface area contributed by atoms with E-state index in [-0.39, 0.29) is 12.2 Å². The highest BCUT2D eigenvalue weighted by Gasteiger charge is 2.14. The van der Waals surface area contributed by atoms with Gasteiger partial charge in [-0.05, 0) is 18.2 Å². The number of aromatic nitrogens is 1. The number of benzene rings is 1. The Balaban J connectivity index is 2.46. The summed E-state index contributed by atoms with van der Waals surface area (Å²) in [7, 11) is 1.48. The average Bonchev–Trinajstić information content (AvgIpc) is 2.92. The first-order chi connectivity index (χ1) is 8.76. The molecule has 0 bridgehead atoms. The zero-order valence-corrected chi connectivity index (χ0v) is 9.71. The Kier molecular flexibility index (Phi) is 3.39. The van der Waals surface area contributed by atoms with Crippen molar-refractivity contribution in [3.8, 4) is 23.3 Å². The quantitative estimate of drug-likeness (QED) is 0.769. The van der Waals surface area contributed by atoms with Crippen LogP contribution in [-0.2, 0) is 0 Å². The predicted octanol–water partition coefficient (Wildman–Crippen LogP) is 2.45. The highest BCUT2D eigenvalue weighted by atomic mass is 16.5. The molecule has 0 amide bonds. The molecule has 0 fully saturated rings. The highest BCUT2D eigenvalue weighted by molar-refractivity contribution is 6.00. The number of Topliss-reactive ketones (excluding diaryl/α,β-unsaturated/α-hetero) is 1. The molecule has 1 aromatic heterocycles. The van der Waals surface area contributed by atoms with E-state index in [0.29, 0.717) is 22.8 Å². The van der Waals surface area contributed by atoms with Crippen molar-refractivity contribution in [3.63, 3.8) is 0 Å². The topological polar surface area (TPSA) is 76.1 Å². The van der Waals surface area contributed by atoms with Crippen molar-refractivity contribution in [2.45, 2.75) is 6.42 Å². The smallest absolute Gasteiger partial charge is 0.225 e. The summed E-state index contributed by atoms with van der Waals surface area (Å²) in [6.45, 7) is 0. The molecule has 5 nitrogen and oxygen atoms in total. The molecule has 0 atom stereocenters. The molecule has 18 heavy (non-hydrogen) atoms. The fourth-order valence-corrected chi connectivity index (χ4v) is 1.59. The lowest BCUT2D eigenvalue weighted by Crippen LogP contribution is -2.01. The van der Waals surface area contributed by atoms with Gasteiger partial charge in [-0.15, -0.1) is 0 Å². The number of rotatable bonds is 4. The highest BCUT2D eigenvalue weighted by Crippen LogP contribution is 2.26. The third-order valence-electron chi connectivity index (χ3n) is 2.42. The second-order valence-electron chi connectivity index (χ2n) is 3.51. The largest absolute Gasteiger partial charge is 0.496 e. The van der Waals surface area contributed by atoms with Crippen molar-refractivity contribution in [2.75, 3.05) is 7.11 Å². The fourth-order valence-electron chi connectivity index (χ4n) is 1.59.